The van der Waals surface area contributed by atoms with Crippen molar-refractivity contribution in [2.45, 2.75) is 354 Å². The van der Waals surface area contributed by atoms with Gasteiger partial charge in [-0.2, -0.15) is 0 Å². The summed E-state index contributed by atoms with van der Waals surface area (Å²) >= 11 is 0. The van der Waals surface area contributed by atoms with Crippen molar-refractivity contribution in [2.24, 2.45) is 0 Å². The number of hydrogen-bond acceptors (Lipinski definition) is 9. The van der Waals surface area contributed by atoms with Gasteiger partial charge in [0.2, 0.25) is 0 Å². The molecule has 0 aromatic heterocycles. The third kappa shape index (κ3) is 40.7. The molecule has 0 fully saturated rings. The lowest BCUT2D eigenvalue weighted by Gasteiger charge is -2.41. The lowest BCUT2D eigenvalue weighted by atomic mass is 10.0. The Balaban J connectivity index is 4.92. The third-order valence-corrected chi connectivity index (χ3v) is 13.8. The maximum Gasteiger partial charge on any atom is 0.376 e. The summed E-state index contributed by atoms with van der Waals surface area (Å²) in [4.78, 5) is 39.6. The van der Waals surface area contributed by atoms with Gasteiger partial charge in [-0.25, -0.2) is 0 Å². The van der Waals surface area contributed by atoms with E-state index in [1.807, 2.05) is 0 Å². The minimum atomic E-state index is -3.82. The summed E-state index contributed by atoms with van der Waals surface area (Å²) in [7, 11) is 0. The second-order valence-electron chi connectivity index (χ2n) is 20.5. The smallest absolute Gasteiger partial charge is 0.376 e. The summed E-state index contributed by atoms with van der Waals surface area (Å²) in [6, 6.07) is 0. The normalized spacial score (nSPS) is 12.4. The van der Waals surface area contributed by atoms with Crippen molar-refractivity contribution in [3.05, 3.63) is 0 Å². The van der Waals surface area contributed by atoms with Crippen LogP contribution in [-0.4, -0.2) is 51.1 Å². The van der Waals surface area contributed by atoms with Gasteiger partial charge in [0.05, 0.1) is 0 Å². The fourth-order valence-corrected chi connectivity index (χ4v) is 9.29. The van der Waals surface area contributed by atoms with Crippen LogP contribution in [0.25, 0.3) is 0 Å². The van der Waals surface area contributed by atoms with Crippen LogP contribution in [0.2, 0.25) is 0 Å². The Bertz CT molecular complexity index is 1040. The first-order valence-corrected chi connectivity index (χ1v) is 29.3. The van der Waals surface area contributed by atoms with Crippen molar-refractivity contribution in [3.63, 3.8) is 0 Å². The molecule has 0 aliphatic heterocycles. The molecule has 0 rings (SSSR count). The van der Waals surface area contributed by atoms with Gasteiger partial charge in [0.1, 0.15) is 0 Å². The van der Waals surface area contributed by atoms with E-state index in [1.54, 1.807) is 0 Å². The summed E-state index contributed by atoms with van der Waals surface area (Å²) in [5.41, 5.74) is 0. The zero-order valence-electron chi connectivity index (χ0n) is 44.8. The number of rotatable bonds is 53. The average molecular weight is 954 g/mol. The highest BCUT2D eigenvalue weighted by atomic mass is 16.8. The lowest BCUT2D eigenvalue weighted by molar-refractivity contribution is -0.460. The van der Waals surface area contributed by atoms with Crippen molar-refractivity contribution < 1.29 is 43.9 Å². The quantitative estimate of drug-likeness (QED) is 0.0309. The van der Waals surface area contributed by atoms with Crippen molar-refractivity contribution >= 4 is 17.9 Å². The van der Waals surface area contributed by atoms with Gasteiger partial charge in [-0.15, -0.1) is 0 Å². The fraction of sp³-hybridized carbons (Fsp3) is 0.948. The largest absolute Gasteiger partial charge is 0.454 e. The Hall–Kier alpha value is -1.71. The zero-order chi connectivity index (χ0) is 49.4. The minimum Gasteiger partial charge on any atom is -0.454 e. The van der Waals surface area contributed by atoms with Gasteiger partial charge < -0.3 is 29.5 Å². The van der Waals surface area contributed by atoms with Crippen molar-refractivity contribution in [1.82, 2.24) is 0 Å². The van der Waals surface area contributed by atoms with E-state index < -0.39 is 35.8 Å². The first kappa shape index (κ1) is 65.3. The van der Waals surface area contributed by atoms with Gasteiger partial charge in [0, 0.05) is 19.3 Å². The SMILES string of the molecule is CCCCCCCCCCCCCCCCCC(=O)OC(C)C(OC(=O)CCCCCCCCCCCCCCCCC)(OC(=O)CCCCCCCCCCCCCCCCC)C(O)(O)O. The summed E-state index contributed by atoms with van der Waals surface area (Å²) in [5.74, 6) is -9.27. The highest BCUT2D eigenvalue weighted by Gasteiger charge is 2.63. The zero-order valence-corrected chi connectivity index (χ0v) is 44.8. The summed E-state index contributed by atoms with van der Waals surface area (Å²) < 4.78 is 16.6. The molecule has 0 spiro atoms. The molecule has 0 heterocycles. The molecular weight excluding hydrogens is 841 g/mol. The molecule has 1 unspecified atom stereocenters. The van der Waals surface area contributed by atoms with Gasteiger partial charge in [-0.05, 0) is 26.2 Å². The van der Waals surface area contributed by atoms with Crippen molar-refractivity contribution in [3.8, 4) is 0 Å². The Kier molecular flexibility index (Phi) is 46.7. The van der Waals surface area contributed by atoms with Crippen LogP contribution in [0.1, 0.15) is 336 Å². The Morgan fingerprint density at radius 3 is 0.687 bits per heavy atom. The van der Waals surface area contributed by atoms with Crippen LogP contribution >= 0.6 is 0 Å². The van der Waals surface area contributed by atoms with E-state index in [-0.39, 0.29) is 19.3 Å². The number of hydrogen-bond donors (Lipinski definition) is 3. The predicted molar refractivity (Wildman–Crippen MR) is 278 cm³/mol. The molecule has 0 amide bonds. The van der Waals surface area contributed by atoms with E-state index >= 15 is 0 Å². The fourth-order valence-electron chi connectivity index (χ4n) is 9.29. The molecule has 398 valence electrons. The predicted octanol–water partition coefficient (Wildman–Crippen LogP) is 17.1. The number of ether oxygens (including phenoxy) is 3. The Labute approximate surface area is 414 Å². The van der Waals surface area contributed by atoms with Crippen LogP contribution in [0.5, 0.6) is 0 Å². The number of aliphatic hydroxyl groups is 3. The van der Waals surface area contributed by atoms with Crippen molar-refractivity contribution in [1.29, 1.82) is 0 Å². The van der Waals surface area contributed by atoms with Crippen LogP contribution < -0.4 is 0 Å². The molecule has 67 heavy (non-hydrogen) atoms. The number of esters is 3. The molecule has 0 radical (unpaired) electrons. The van der Waals surface area contributed by atoms with Crippen LogP contribution in [0.4, 0.5) is 0 Å². The van der Waals surface area contributed by atoms with Crippen LogP contribution in [-0.2, 0) is 28.6 Å². The van der Waals surface area contributed by atoms with Gasteiger partial charge in [0.25, 0.3) is 0 Å². The van der Waals surface area contributed by atoms with Gasteiger partial charge in [-0.3, -0.25) is 14.4 Å². The monoisotopic (exact) mass is 953 g/mol. The van der Waals surface area contributed by atoms with E-state index in [0.717, 1.165) is 70.6 Å². The summed E-state index contributed by atoms with van der Waals surface area (Å²) in [5, 5.41) is 32.1. The standard InChI is InChI=1S/C58H112O9/c1-5-8-11-14-17-20-23-26-29-32-35-38-41-44-47-50-54(59)65-53(4)57(58(62,63)64,66-55(60)51-48-45-42-39-36-33-30-27-24-21-18-15-12-9-6-2)67-56(61)52-49-46-43-40-37-34-31-28-25-22-19-16-13-10-7-3/h53,62-64H,5-52H2,1-4H3. The van der Waals surface area contributed by atoms with Crippen LogP contribution in [0, 0.1) is 0 Å². The topological polar surface area (TPSA) is 140 Å². The average Bonchev–Trinajstić information content (AvgIpc) is 3.29. The Morgan fingerprint density at radius 2 is 0.493 bits per heavy atom. The molecule has 0 aliphatic rings. The van der Waals surface area contributed by atoms with Crippen molar-refractivity contribution in [2.75, 3.05) is 0 Å². The van der Waals surface area contributed by atoms with Crippen LogP contribution in [0.3, 0.4) is 0 Å². The van der Waals surface area contributed by atoms with E-state index in [4.69, 9.17) is 14.2 Å². The molecule has 0 saturated heterocycles. The second kappa shape index (κ2) is 47.9. The molecule has 3 N–H and O–H groups in total. The molecule has 0 aromatic rings. The maximum absolute atomic E-state index is 13.3. The number of carbonyl (C=O) groups is 3. The first-order valence-electron chi connectivity index (χ1n) is 29.3. The maximum atomic E-state index is 13.3. The number of carbonyl (C=O) groups excluding carboxylic acids is 3. The second-order valence-corrected chi connectivity index (χ2v) is 20.5. The first-order chi connectivity index (χ1) is 32.5. The van der Waals surface area contributed by atoms with E-state index in [2.05, 4.69) is 20.8 Å². The third-order valence-electron chi connectivity index (χ3n) is 13.8. The molecule has 0 saturated carbocycles. The minimum absolute atomic E-state index is 0.0636. The number of unbranched alkanes of at least 4 members (excludes halogenated alkanes) is 42. The lowest BCUT2D eigenvalue weighted by Crippen LogP contribution is -2.66. The van der Waals surface area contributed by atoms with E-state index in [9.17, 15) is 29.7 Å². The molecule has 1 atom stereocenters. The molecular formula is C58H112O9. The molecule has 0 aliphatic carbocycles. The van der Waals surface area contributed by atoms with Gasteiger partial charge >= 0.3 is 29.7 Å². The summed E-state index contributed by atoms with van der Waals surface area (Å²) in [6.07, 6.45) is 51.4. The van der Waals surface area contributed by atoms with Crippen LogP contribution in [0.15, 0.2) is 0 Å². The summed E-state index contributed by atoms with van der Waals surface area (Å²) in [6.45, 7) is 8.01. The molecule has 0 aromatic carbocycles. The van der Waals surface area contributed by atoms with Gasteiger partial charge in [0.15, 0.2) is 6.10 Å². The van der Waals surface area contributed by atoms with E-state index in [0.29, 0.717) is 19.3 Å². The highest BCUT2D eigenvalue weighted by Crippen LogP contribution is 2.33. The van der Waals surface area contributed by atoms with Gasteiger partial charge in [-0.1, -0.05) is 290 Å². The molecule has 0 bridgehead atoms. The molecule has 9 nitrogen and oxygen atoms in total. The molecule has 9 heteroatoms. The Morgan fingerprint density at radius 1 is 0.313 bits per heavy atom. The van der Waals surface area contributed by atoms with E-state index in [1.165, 1.54) is 206 Å². The highest BCUT2D eigenvalue weighted by molar-refractivity contribution is 5.73.